The topological polar surface area (TPSA) is 213 Å². The lowest BCUT2D eigenvalue weighted by Crippen LogP contribution is -2.31. The van der Waals surface area contributed by atoms with Crippen molar-refractivity contribution in [3.05, 3.63) is 17.8 Å². The number of ether oxygens (including phenoxy) is 1. The lowest BCUT2D eigenvalue weighted by molar-refractivity contribution is -0.0109. The van der Waals surface area contributed by atoms with Gasteiger partial charge in [0.1, 0.15) is 17.9 Å². The minimum Gasteiger partial charge on any atom is -0.366 e. The number of phosphoric ester groups is 1. The lowest BCUT2D eigenvalue weighted by Gasteiger charge is -2.19. The van der Waals surface area contributed by atoms with E-state index < -0.39 is 53.8 Å². The number of phosphoric acid groups is 3. The molecule has 5 atom stereocenters. The Morgan fingerprint density at radius 1 is 1.19 bits per heavy atom. The fourth-order valence-electron chi connectivity index (χ4n) is 2.73. The molecule has 21 heteroatoms. The number of imidazole rings is 1. The minimum atomic E-state index is -5.68. The van der Waals surface area contributed by atoms with Crippen molar-refractivity contribution in [1.82, 2.24) is 19.5 Å². The van der Waals surface area contributed by atoms with Crippen molar-refractivity contribution in [3.63, 3.8) is 0 Å². The molecule has 1 aliphatic heterocycles. The molecule has 3 heterocycles. The fraction of sp³-hybridized carbons (Fsp3) is 0.545. The molecular weight excluding hydrogens is 547 g/mol. The Bertz CT molecular complexity index is 1150. The van der Waals surface area contributed by atoms with Gasteiger partial charge in [-0.2, -0.15) is 8.62 Å². The van der Waals surface area contributed by atoms with E-state index in [4.69, 9.17) is 42.6 Å². The number of hydrogen-bond acceptors (Lipinski definition) is 10. The van der Waals surface area contributed by atoms with Gasteiger partial charge in [-0.1, -0.05) is 23.2 Å². The maximum absolute atomic E-state index is 14.8. The molecule has 32 heavy (non-hydrogen) atoms. The van der Waals surface area contributed by atoms with Crippen LogP contribution in [0.1, 0.15) is 6.42 Å². The van der Waals surface area contributed by atoms with E-state index in [0.717, 1.165) is 0 Å². The molecule has 15 nitrogen and oxygen atoms in total. The molecule has 2 unspecified atom stereocenters. The second-order valence-electron chi connectivity index (χ2n) is 6.33. The second-order valence-corrected chi connectivity index (χ2v) is 11.7. The zero-order valence-electron chi connectivity index (χ0n) is 15.3. The van der Waals surface area contributed by atoms with Gasteiger partial charge in [0.05, 0.1) is 25.6 Å². The average Bonchev–Trinajstić information content (AvgIpc) is 3.12. The van der Waals surface area contributed by atoms with Crippen LogP contribution in [0, 0.1) is 0 Å². The van der Waals surface area contributed by atoms with Crippen LogP contribution in [0.4, 0.5) is 4.39 Å². The first kappa shape index (κ1) is 26.0. The summed E-state index contributed by atoms with van der Waals surface area (Å²) in [6.07, 6.45) is -0.545. The normalized spacial score (nSPS) is 28.0. The van der Waals surface area contributed by atoms with E-state index in [1.807, 2.05) is 0 Å². The second kappa shape index (κ2) is 9.23. The van der Waals surface area contributed by atoms with E-state index >= 15 is 0 Å². The molecule has 2 aromatic heterocycles. The lowest BCUT2D eigenvalue weighted by atomic mass is 10.1. The summed E-state index contributed by atoms with van der Waals surface area (Å²) in [4.78, 5) is 47.4. The molecule has 2 aromatic rings. The Balaban J connectivity index is 1.62. The molecule has 180 valence electrons. The molecule has 0 spiro atoms. The highest BCUT2D eigenvalue weighted by atomic mass is 35.5. The van der Waals surface area contributed by atoms with E-state index in [9.17, 15) is 23.0 Å². The van der Waals surface area contributed by atoms with E-state index in [0.29, 0.717) is 0 Å². The van der Waals surface area contributed by atoms with Crippen LogP contribution >= 0.6 is 46.7 Å². The summed E-state index contributed by atoms with van der Waals surface area (Å²) in [6.45, 7) is -1.02. The molecule has 3 rings (SSSR count). The van der Waals surface area contributed by atoms with Gasteiger partial charge in [-0.05, 0) is 0 Å². The Morgan fingerprint density at radius 3 is 2.53 bits per heavy atom. The van der Waals surface area contributed by atoms with Gasteiger partial charge in [-0.15, -0.1) is 0 Å². The van der Waals surface area contributed by atoms with Crippen LogP contribution in [0.2, 0.25) is 5.15 Å². The Morgan fingerprint density at radius 2 is 1.88 bits per heavy atom. The van der Waals surface area contributed by atoms with E-state index in [2.05, 4.69) is 28.1 Å². The quantitative estimate of drug-likeness (QED) is 0.196. The van der Waals surface area contributed by atoms with E-state index in [1.54, 1.807) is 0 Å². The van der Waals surface area contributed by atoms with Crippen molar-refractivity contribution in [2.45, 2.75) is 30.3 Å². The first-order chi connectivity index (χ1) is 14.6. The highest BCUT2D eigenvalue weighted by Crippen LogP contribution is 2.66. The monoisotopic (exact) mass is 560 g/mol. The Hall–Kier alpha value is -0.570. The van der Waals surface area contributed by atoms with Crippen LogP contribution in [0.25, 0.3) is 11.2 Å². The molecular formula is C11H14Cl2FN4O11P3. The van der Waals surface area contributed by atoms with Gasteiger partial charge in [0, 0.05) is 6.42 Å². The van der Waals surface area contributed by atoms with Crippen molar-refractivity contribution in [2.75, 3.05) is 6.61 Å². The standard InChI is InChI=1S/C11H14Cl2FN4O11P3/c12-9-8-10(16-4-15-9)18(5-17-8)2-7-11(13,14)1-6(27-7)3-26-31(22,23)29-32(24,25)28-30(19,20)21/h4-7H,1-3H2,(H,22,23)(H,24,25)(H2,19,20,21)/t6-,7-,11-/m0/s1. The third-order valence-electron chi connectivity index (χ3n) is 3.89. The third-order valence-corrected chi connectivity index (χ3v) is 8.36. The molecule has 4 N–H and O–H groups in total. The van der Waals surface area contributed by atoms with Crippen LogP contribution < -0.4 is 0 Å². The van der Waals surface area contributed by atoms with Crippen molar-refractivity contribution < 1.29 is 55.5 Å². The van der Waals surface area contributed by atoms with E-state index in [1.165, 1.54) is 17.2 Å². The van der Waals surface area contributed by atoms with Gasteiger partial charge in [-0.3, -0.25) is 4.52 Å². The van der Waals surface area contributed by atoms with Crippen LogP contribution in [0.15, 0.2) is 12.7 Å². The van der Waals surface area contributed by atoms with Gasteiger partial charge >= 0.3 is 23.5 Å². The number of fused-ring (bicyclic) bond motifs is 1. The number of hydrogen-bond donors (Lipinski definition) is 4. The zero-order chi connectivity index (χ0) is 23.9. The van der Waals surface area contributed by atoms with Crippen molar-refractivity contribution in [3.8, 4) is 0 Å². The highest BCUT2D eigenvalue weighted by Gasteiger charge is 2.49. The third kappa shape index (κ3) is 6.73. The Labute approximate surface area is 187 Å². The molecule has 0 saturated carbocycles. The summed E-state index contributed by atoms with van der Waals surface area (Å²) in [5, 5.41) is -2.37. The summed E-state index contributed by atoms with van der Waals surface area (Å²) < 4.78 is 66.9. The number of rotatable bonds is 9. The summed E-state index contributed by atoms with van der Waals surface area (Å²) in [7, 11) is -16.6. The minimum absolute atomic E-state index is 0.0763. The first-order valence-electron chi connectivity index (χ1n) is 8.20. The van der Waals surface area contributed by atoms with Crippen LogP contribution in [-0.4, -0.2) is 63.0 Å². The van der Waals surface area contributed by atoms with Crippen LogP contribution in [0.5, 0.6) is 0 Å². The van der Waals surface area contributed by atoms with Gasteiger partial charge in [0.2, 0.25) is 5.13 Å². The largest absolute Gasteiger partial charge is 0.490 e. The van der Waals surface area contributed by atoms with Crippen LogP contribution in [0.3, 0.4) is 0 Å². The molecule has 0 amide bonds. The highest BCUT2D eigenvalue weighted by molar-refractivity contribution is 7.66. The Kier molecular flexibility index (Phi) is 7.51. The average molecular weight is 561 g/mol. The summed E-state index contributed by atoms with van der Waals surface area (Å²) >= 11 is 11.8. The van der Waals surface area contributed by atoms with Gasteiger partial charge in [-0.25, -0.2) is 33.0 Å². The summed E-state index contributed by atoms with van der Waals surface area (Å²) in [5.41, 5.74) is 0.535. The molecule has 1 aliphatic rings. The maximum Gasteiger partial charge on any atom is 0.490 e. The molecule has 0 bridgehead atoms. The zero-order valence-corrected chi connectivity index (χ0v) is 19.5. The summed E-state index contributed by atoms with van der Waals surface area (Å²) in [5.74, 6) is 0. The predicted octanol–water partition coefficient (Wildman–Crippen LogP) is 1.89. The van der Waals surface area contributed by atoms with Gasteiger partial charge in [0.15, 0.2) is 10.8 Å². The molecule has 0 aliphatic carbocycles. The van der Waals surface area contributed by atoms with Crippen LogP contribution in [-0.2, 0) is 38.1 Å². The number of halogens is 3. The van der Waals surface area contributed by atoms with Gasteiger partial charge in [0.25, 0.3) is 0 Å². The fourth-order valence-corrected chi connectivity index (χ4v) is 6.25. The molecule has 0 radical (unpaired) electrons. The maximum atomic E-state index is 14.8. The summed E-state index contributed by atoms with van der Waals surface area (Å²) in [6, 6.07) is 0. The smallest absolute Gasteiger partial charge is 0.366 e. The molecule has 1 saturated heterocycles. The van der Waals surface area contributed by atoms with E-state index in [-0.39, 0.29) is 22.9 Å². The molecule has 1 fully saturated rings. The van der Waals surface area contributed by atoms with Crippen molar-refractivity contribution in [1.29, 1.82) is 0 Å². The van der Waals surface area contributed by atoms with Crippen molar-refractivity contribution in [2.24, 2.45) is 0 Å². The van der Waals surface area contributed by atoms with Gasteiger partial charge < -0.3 is 28.9 Å². The SMILES string of the molecule is O=P(O)(O)OP(=O)(O)OP(=O)(O)OC[C@@H]1C[C@@](F)(Cl)[C@H](Cn2cnc3c(Cl)ncnc32)O1. The first-order valence-corrected chi connectivity index (χ1v) is 13.5. The van der Waals surface area contributed by atoms with Crippen molar-refractivity contribution >= 4 is 57.8 Å². The molecule has 0 aromatic carbocycles. The number of aromatic nitrogens is 4. The number of alkyl halides is 2. The predicted molar refractivity (Wildman–Crippen MR) is 103 cm³/mol. The number of nitrogens with zero attached hydrogens (tertiary/aromatic N) is 4.